The first-order chi connectivity index (χ1) is 9.05. The minimum Gasteiger partial charge on any atom is -0.497 e. The van der Waals surface area contributed by atoms with Crippen LogP contribution in [0.15, 0.2) is 18.2 Å². The van der Waals surface area contributed by atoms with E-state index >= 15 is 0 Å². The Kier molecular flexibility index (Phi) is 2.99. The smallest absolute Gasteiger partial charge is 0.123 e. The van der Waals surface area contributed by atoms with E-state index in [-0.39, 0.29) is 5.60 Å². The zero-order valence-corrected chi connectivity index (χ0v) is 12.4. The van der Waals surface area contributed by atoms with Crippen LogP contribution in [0.1, 0.15) is 51.5 Å². The van der Waals surface area contributed by atoms with Gasteiger partial charge >= 0.3 is 0 Å². The maximum atomic E-state index is 6.44. The zero-order valence-electron chi connectivity index (χ0n) is 12.4. The molecule has 0 radical (unpaired) electrons. The van der Waals surface area contributed by atoms with Crippen molar-refractivity contribution in [2.24, 2.45) is 11.8 Å². The summed E-state index contributed by atoms with van der Waals surface area (Å²) in [5, 5.41) is 0. The van der Waals surface area contributed by atoms with Gasteiger partial charge in [-0.15, -0.1) is 0 Å². The van der Waals surface area contributed by atoms with Gasteiger partial charge in [-0.05, 0) is 55.2 Å². The molecule has 0 saturated heterocycles. The molecule has 3 rings (SSSR count). The second kappa shape index (κ2) is 4.43. The highest BCUT2D eigenvalue weighted by molar-refractivity contribution is 5.45. The van der Waals surface area contributed by atoms with Gasteiger partial charge in [0.1, 0.15) is 17.1 Å². The summed E-state index contributed by atoms with van der Waals surface area (Å²) in [5.74, 6) is 3.95. The van der Waals surface area contributed by atoms with E-state index in [1.54, 1.807) is 7.11 Å². The van der Waals surface area contributed by atoms with Gasteiger partial charge in [0.05, 0.1) is 7.11 Å². The lowest BCUT2D eigenvalue weighted by Gasteiger charge is -2.50. The third-order valence-electron chi connectivity index (χ3n) is 5.26. The van der Waals surface area contributed by atoms with Crippen molar-refractivity contribution >= 4 is 0 Å². The molecule has 2 nitrogen and oxygen atoms in total. The Morgan fingerprint density at radius 2 is 2.16 bits per heavy atom. The van der Waals surface area contributed by atoms with Crippen LogP contribution in [0.3, 0.4) is 0 Å². The average Bonchev–Trinajstić information content (AvgIpc) is 2.42. The van der Waals surface area contributed by atoms with E-state index in [9.17, 15) is 0 Å². The Bertz CT molecular complexity index is 480. The van der Waals surface area contributed by atoms with Crippen molar-refractivity contribution < 1.29 is 9.47 Å². The van der Waals surface area contributed by atoms with Crippen molar-refractivity contribution in [1.29, 1.82) is 0 Å². The van der Waals surface area contributed by atoms with Gasteiger partial charge in [-0.25, -0.2) is 0 Å². The Morgan fingerprint density at radius 3 is 2.84 bits per heavy atom. The highest BCUT2D eigenvalue weighted by atomic mass is 16.5. The molecule has 1 aromatic carbocycles. The molecule has 2 bridgehead atoms. The number of methoxy groups -OCH3 is 1. The van der Waals surface area contributed by atoms with E-state index in [0.29, 0.717) is 11.8 Å². The van der Waals surface area contributed by atoms with Crippen molar-refractivity contribution in [3.63, 3.8) is 0 Å². The summed E-state index contributed by atoms with van der Waals surface area (Å²) in [6, 6.07) is 6.28. The fourth-order valence-corrected chi connectivity index (χ4v) is 3.76. The van der Waals surface area contributed by atoms with Gasteiger partial charge in [-0.3, -0.25) is 0 Å². The first-order valence-corrected chi connectivity index (χ1v) is 7.42. The van der Waals surface area contributed by atoms with E-state index in [1.807, 2.05) is 6.07 Å². The van der Waals surface area contributed by atoms with Crippen LogP contribution in [0.5, 0.6) is 11.5 Å². The van der Waals surface area contributed by atoms with Crippen LogP contribution in [0.2, 0.25) is 0 Å². The van der Waals surface area contributed by atoms with Gasteiger partial charge in [0, 0.05) is 5.56 Å². The molecule has 0 amide bonds. The number of ether oxygens (including phenoxy) is 2. The minimum atomic E-state index is 0.0543. The third kappa shape index (κ3) is 1.92. The molecule has 1 fully saturated rings. The summed E-state index contributed by atoms with van der Waals surface area (Å²) >= 11 is 0. The Labute approximate surface area is 116 Å². The maximum Gasteiger partial charge on any atom is 0.123 e. The molecule has 3 atom stereocenters. The molecule has 1 saturated carbocycles. The van der Waals surface area contributed by atoms with E-state index in [2.05, 4.69) is 32.9 Å². The summed E-state index contributed by atoms with van der Waals surface area (Å²) in [6.07, 6.45) is 3.61. The standard InChI is InChI=1S/C17H24O2/c1-11(2)17-8-7-12(3)15(10-17)14-9-13(18-4)5-6-16(14)19-17/h5-6,9,11-12,15H,7-8,10H2,1-4H3/t12-,15-,17-/m1/s1. The molecule has 0 unspecified atom stereocenters. The molecule has 2 aliphatic rings. The zero-order chi connectivity index (χ0) is 13.6. The lowest BCUT2D eigenvalue weighted by Crippen LogP contribution is -2.49. The Morgan fingerprint density at radius 1 is 1.37 bits per heavy atom. The number of rotatable bonds is 2. The Balaban J connectivity index is 2.06. The van der Waals surface area contributed by atoms with E-state index in [0.717, 1.165) is 23.8 Å². The first kappa shape index (κ1) is 12.8. The van der Waals surface area contributed by atoms with Gasteiger partial charge in [-0.2, -0.15) is 0 Å². The summed E-state index contributed by atoms with van der Waals surface area (Å²) in [5.41, 5.74) is 1.40. The van der Waals surface area contributed by atoms with E-state index in [1.165, 1.54) is 18.4 Å². The lowest BCUT2D eigenvalue weighted by molar-refractivity contribution is -0.0473. The first-order valence-electron chi connectivity index (χ1n) is 7.42. The number of hydrogen-bond donors (Lipinski definition) is 0. The predicted octanol–water partition coefficient (Wildman–Crippen LogP) is 4.39. The SMILES string of the molecule is COc1ccc2c(c1)[C@@H]1C[C@@](C(C)C)(CC[C@H]1C)O2. The largest absolute Gasteiger partial charge is 0.497 e. The quantitative estimate of drug-likeness (QED) is 0.785. The number of benzene rings is 1. The summed E-state index contributed by atoms with van der Waals surface area (Å²) in [4.78, 5) is 0. The van der Waals surface area contributed by atoms with Crippen LogP contribution in [0.25, 0.3) is 0 Å². The number of fused-ring (bicyclic) bond motifs is 4. The summed E-state index contributed by atoms with van der Waals surface area (Å²) in [6.45, 7) is 6.96. The summed E-state index contributed by atoms with van der Waals surface area (Å²) < 4.78 is 11.8. The monoisotopic (exact) mass is 260 g/mol. The maximum absolute atomic E-state index is 6.44. The molecular weight excluding hydrogens is 236 g/mol. The molecule has 0 spiro atoms. The van der Waals surface area contributed by atoms with Crippen molar-refractivity contribution in [2.75, 3.05) is 7.11 Å². The fraction of sp³-hybridized carbons (Fsp3) is 0.647. The van der Waals surface area contributed by atoms with Crippen molar-refractivity contribution in [2.45, 2.75) is 51.6 Å². The normalized spacial score (nSPS) is 32.7. The lowest BCUT2D eigenvalue weighted by atomic mass is 9.64. The van der Waals surface area contributed by atoms with Crippen LogP contribution < -0.4 is 9.47 Å². The number of hydrogen-bond acceptors (Lipinski definition) is 2. The van der Waals surface area contributed by atoms with Gasteiger partial charge in [0.15, 0.2) is 0 Å². The van der Waals surface area contributed by atoms with Gasteiger partial charge < -0.3 is 9.47 Å². The molecule has 1 aliphatic carbocycles. The molecule has 2 heteroatoms. The highest BCUT2D eigenvalue weighted by Crippen LogP contribution is 2.54. The third-order valence-corrected chi connectivity index (χ3v) is 5.26. The van der Waals surface area contributed by atoms with Crippen molar-refractivity contribution in [3.8, 4) is 11.5 Å². The topological polar surface area (TPSA) is 18.5 Å². The second-order valence-corrected chi connectivity index (χ2v) is 6.55. The van der Waals surface area contributed by atoms with Crippen LogP contribution in [-0.2, 0) is 0 Å². The average molecular weight is 260 g/mol. The van der Waals surface area contributed by atoms with Crippen molar-refractivity contribution in [1.82, 2.24) is 0 Å². The van der Waals surface area contributed by atoms with Crippen LogP contribution in [-0.4, -0.2) is 12.7 Å². The highest BCUT2D eigenvalue weighted by Gasteiger charge is 2.48. The molecular formula is C17H24O2. The van der Waals surface area contributed by atoms with Crippen LogP contribution in [0.4, 0.5) is 0 Å². The Hall–Kier alpha value is -1.18. The molecule has 1 aromatic rings. The molecule has 1 aliphatic heterocycles. The van der Waals surface area contributed by atoms with Crippen LogP contribution >= 0.6 is 0 Å². The molecule has 0 N–H and O–H groups in total. The molecule has 1 heterocycles. The predicted molar refractivity (Wildman–Crippen MR) is 76.9 cm³/mol. The molecule has 104 valence electrons. The van der Waals surface area contributed by atoms with Gasteiger partial charge in [0.2, 0.25) is 0 Å². The van der Waals surface area contributed by atoms with E-state index in [4.69, 9.17) is 9.47 Å². The summed E-state index contributed by atoms with van der Waals surface area (Å²) in [7, 11) is 1.73. The molecule has 19 heavy (non-hydrogen) atoms. The second-order valence-electron chi connectivity index (χ2n) is 6.55. The van der Waals surface area contributed by atoms with Gasteiger partial charge in [-0.1, -0.05) is 20.8 Å². The fourth-order valence-electron chi connectivity index (χ4n) is 3.76. The van der Waals surface area contributed by atoms with Crippen molar-refractivity contribution in [3.05, 3.63) is 23.8 Å². The minimum absolute atomic E-state index is 0.0543. The van der Waals surface area contributed by atoms with Crippen LogP contribution in [0, 0.1) is 11.8 Å². The van der Waals surface area contributed by atoms with E-state index < -0.39 is 0 Å². The molecule has 0 aromatic heterocycles. The van der Waals surface area contributed by atoms with Gasteiger partial charge in [0.25, 0.3) is 0 Å².